The second-order valence-electron chi connectivity index (χ2n) is 37.9. The van der Waals surface area contributed by atoms with Crippen LogP contribution in [0.1, 0.15) is 186 Å². The monoisotopic (exact) mass is 2050 g/mol. The molecule has 12 heterocycles. The van der Waals surface area contributed by atoms with E-state index in [2.05, 4.69) is 170 Å². The minimum Gasteiger partial charge on any atom is -0.408 e. The topological polar surface area (TPSA) is 518 Å². The number of benzene rings is 2. The number of thioether (sulfide) groups is 4. The van der Waals surface area contributed by atoms with Gasteiger partial charge in [0, 0.05) is 55.2 Å². The SMILES string of the molecule is CC[C@H]1S[C@@H](n2cnc3c(=O)[nH]c(NC(=O)C(C)C)nc32)[C@H](O)[C@@H]1C.CC[C@H]1S[C@@H](n2cnc3c(=O)[nH]c(NC(=O)C(C)C)nc32)[C@H](O[P+](=O)Oc2ccccc2)[C@@H]1C.CC[C@H]1S[C@@H](n2cnc3c(=O)[nH]c(NC(=O)C(C)C)nc32)[C@H](O[Si](C)(C)C(C)(C)C)[C@@H]1O.CC[C@H]1S[C@@H](n2cnc3c(=O)[nH]c(NC(=O)C(C)C)nc32)[C@H](O[Si](C)(C)C(C)(C)C)[C@@H]1O[P+](C)=O.C[P+](=O)Oc1ccccc1. The van der Waals surface area contributed by atoms with Gasteiger partial charge in [0.1, 0.15) is 33.7 Å². The number of imidazole rings is 4. The Morgan fingerprint density at radius 1 is 0.419 bits per heavy atom. The first-order valence-corrected chi connectivity index (χ1v) is 59.3. The maximum atomic E-state index is 12.7. The van der Waals surface area contributed by atoms with Crippen molar-refractivity contribution < 1.29 is 70.0 Å². The number of carbonyl (C=O) groups is 4. The van der Waals surface area contributed by atoms with E-state index >= 15 is 0 Å². The molecule has 740 valence electrons. The lowest BCUT2D eigenvalue weighted by Crippen LogP contribution is -2.48. The molecule has 4 aliphatic heterocycles. The molecule has 136 heavy (non-hydrogen) atoms. The molecule has 0 saturated carbocycles. The van der Waals surface area contributed by atoms with E-state index in [1.807, 2.05) is 49.6 Å². The number of nitrogens with zero attached hydrogens (tertiary/aromatic N) is 12. The van der Waals surface area contributed by atoms with Crippen LogP contribution in [0, 0.1) is 35.5 Å². The first-order valence-electron chi connectivity index (χ1n) is 45.4. The molecular formula is C88H130N20O19P3S4Si2+3. The van der Waals surface area contributed by atoms with E-state index in [1.165, 1.54) is 19.3 Å². The number of rotatable bonds is 28. The number of fused-ring (bicyclic) bond motifs is 4. The lowest BCUT2D eigenvalue weighted by atomic mass is 9.99. The minimum atomic E-state index is -2.44. The van der Waals surface area contributed by atoms with Gasteiger partial charge in [-0.25, -0.2) is 24.5 Å². The summed E-state index contributed by atoms with van der Waals surface area (Å²) in [6, 6.07) is 18.0. The zero-order chi connectivity index (χ0) is 100. The number of aliphatic hydroxyl groups is 2. The smallest absolute Gasteiger partial charge is 0.408 e. The number of para-hydroxylation sites is 2. The summed E-state index contributed by atoms with van der Waals surface area (Å²) < 4.78 is 78.4. The van der Waals surface area contributed by atoms with Crippen molar-refractivity contribution in [1.29, 1.82) is 0 Å². The summed E-state index contributed by atoms with van der Waals surface area (Å²) in [6.45, 7) is 51.2. The largest absolute Gasteiger partial charge is 0.750 e. The summed E-state index contributed by atoms with van der Waals surface area (Å²) in [6.07, 6.45) is 6.70. The van der Waals surface area contributed by atoms with E-state index in [-0.39, 0.29) is 152 Å². The third-order valence-electron chi connectivity index (χ3n) is 24.4. The number of anilines is 4. The second kappa shape index (κ2) is 46.5. The summed E-state index contributed by atoms with van der Waals surface area (Å²) in [5.74, 6) is -0.414. The first kappa shape index (κ1) is 109. The maximum Gasteiger partial charge on any atom is 0.750 e. The lowest BCUT2D eigenvalue weighted by Gasteiger charge is -2.40. The van der Waals surface area contributed by atoms with Crippen molar-refractivity contribution in [2.24, 2.45) is 35.5 Å². The van der Waals surface area contributed by atoms with Crippen LogP contribution in [0.5, 0.6) is 11.5 Å². The van der Waals surface area contributed by atoms with Gasteiger partial charge in [0.2, 0.25) is 47.4 Å². The van der Waals surface area contributed by atoms with Gasteiger partial charge in [-0.3, -0.25) is 102 Å². The van der Waals surface area contributed by atoms with Crippen molar-refractivity contribution >= 4 is 180 Å². The zero-order valence-electron chi connectivity index (χ0n) is 81.6. The number of hydrogen-bond acceptors (Lipinski definition) is 31. The van der Waals surface area contributed by atoms with Crippen molar-refractivity contribution in [2.45, 2.75) is 280 Å². The molecule has 39 nitrogen and oxygen atoms in total. The van der Waals surface area contributed by atoms with E-state index < -0.39 is 99.8 Å². The molecule has 0 radical (unpaired) electrons. The number of aromatic amines is 4. The van der Waals surface area contributed by atoms with E-state index in [0.717, 1.165) is 25.7 Å². The van der Waals surface area contributed by atoms with Crippen LogP contribution >= 0.6 is 71.4 Å². The summed E-state index contributed by atoms with van der Waals surface area (Å²) >= 11 is 6.58. The molecule has 14 rings (SSSR count). The number of aromatic nitrogens is 16. The number of H-pyrrole nitrogens is 4. The second-order valence-corrected chi connectivity index (χ2v) is 55.8. The lowest BCUT2D eigenvalue weighted by molar-refractivity contribution is -0.119. The molecule has 10 aromatic rings. The Balaban J connectivity index is 0.000000182. The van der Waals surface area contributed by atoms with Crippen LogP contribution in [-0.4, -0.2) is 200 Å². The Kier molecular flexibility index (Phi) is 37.4. The standard InChI is InChI=1S/C22H36N5O5PSSi.C22H26N5O5PS.C21H35N5O4SSi.C16H23N5O3S.C7H8O2P/c1-10-13-15(31-33(7)30)16(32-35(8,9)22(4,5)6)20(34-13)27-11-23-14-17(27)24-21(26-19(14)29)25-18(28)12(2)3;1-5-15-13(4)17(32-33(30)31-14-9-7-6-8-10-14)21(34-15)27-11-23-16-18(27)24-22(26-20(16)29)25-19(28)12(2)3;1-9-12-14(27)15(30-32(7,8)21(4,5)6)19(31-12)26-10-22-13-16(26)23-20(25-18(13)29)24-17(28)11(2)3;1-5-9-8(4)11(22)15(25-9)21-6-17-10-12(21)18-16(20-14(10)24)19-13(23)7(2)3;1-10(8)9-7-5-3-2-4-6-7/h11-13,15-16,20H,10H2,1-9H3,(H-,24,25,26,28,29);6-13,15,17,21H,5H2,1-4H3,(H-,24,25,26,28,29);10-12,14-15,19,27H,9H2,1-8H3,(H2,23,24,25,28,29);6-9,11,15,22H,5H2,1-4H3,(H2,18,19,20,23,24);2-6H,1H3/q;;;;+1/p+2/t13-,15-,16-,20-;13-,15-,17-,21-;12-,14-,15-,19-;8-,9-,11-,15-;/m1111./s1. The molecule has 4 saturated heterocycles. The van der Waals surface area contributed by atoms with E-state index in [9.17, 15) is 62.3 Å². The highest BCUT2D eigenvalue weighted by Gasteiger charge is 2.55. The van der Waals surface area contributed by atoms with Crippen LogP contribution in [0.3, 0.4) is 0 Å². The number of nitrogens with one attached hydrogen (secondary N) is 8. The van der Waals surface area contributed by atoms with Gasteiger partial charge in [-0.2, -0.15) is 19.9 Å². The number of amides is 4. The first-order chi connectivity index (χ1) is 63.8. The van der Waals surface area contributed by atoms with E-state index in [0.29, 0.717) is 39.3 Å². The van der Waals surface area contributed by atoms with Crippen LogP contribution in [0.15, 0.2) is 105 Å². The number of hydrogen-bond donors (Lipinski definition) is 10. The van der Waals surface area contributed by atoms with Crippen LogP contribution in [0.25, 0.3) is 44.7 Å². The van der Waals surface area contributed by atoms with Gasteiger partial charge in [-0.1, -0.05) is 175 Å². The molecule has 0 aliphatic carbocycles. The average molecular weight is 2050 g/mol. The van der Waals surface area contributed by atoms with Crippen molar-refractivity contribution in [3.8, 4) is 11.5 Å². The van der Waals surface area contributed by atoms with Crippen LogP contribution in [0.4, 0.5) is 23.8 Å². The van der Waals surface area contributed by atoms with Crippen molar-refractivity contribution in [2.75, 3.05) is 34.6 Å². The average Bonchev–Trinajstić information content (AvgIpc) is 1.60. The molecule has 0 spiro atoms. The number of carbonyl (C=O) groups excluding carboxylic acids is 4. The highest BCUT2D eigenvalue weighted by Crippen LogP contribution is 2.55. The minimum absolute atomic E-state index is 0.00525. The molecule has 4 amide bonds. The Hall–Kier alpha value is -8.79. The quantitative estimate of drug-likeness (QED) is 0.0161. The van der Waals surface area contributed by atoms with Gasteiger partial charge >= 0.3 is 24.3 Å². The Labute approximate surface area is 811 Å². The molecule has 4 aliphatic rings. The van der Waals surface area contributed by atoms with Gasteiger partial charge in [-0.05, 0) is 101 Å². The van der Waals surface area contributed by atoms with Gasteiger partial charge in [0.25, 0.3) is 22.2 Å². The third kappa shape index (κ3) is 26.3. The van der Waals surface area contributed by atoms with Crippen molar-refractivity contribution in [1.82, 2.24) is 78.1 Å². The predicted octanol–water partition coefficient (Wildman–Crippen LogP) is 17.0. The summed E-state index contributed by atoms with van der Waals surface area (Å²) in [4.78, 5) is 144. The van der Waals surface area contributed by atoms with Crippen LogP contribution < -0.4 is 52.6 Å². The third-order valence-corrected chi connectivity index (χ3v) is 42.4. The Morgan fingerprint density at radius 2 is 0.721 bits per heavy atom. The Bertz CT molecular complexity index is 6150. The van der Waals surface area contributed by atoms with Crippen molar-refractivity contribution in [3.63, 3.8) is 0 Å². The zero-order valence-corrected chi connectivity index (χ0v) is 89.6. The Morgan fingerprint density at radius 3 is 1.04 bits per heavy atom. The molecular weight excluding hydrogens is 1920 g/mol. The van der Waals surface area contributed by atoms with Gasteiger partial charge in [-0.15, -0.1) is 56.1 Å². The maximum absolute atomic E-state index is 12.7. The van der Waals surface area contributed by atoms with Crippen LogP contribution in [-0.2, 0) is 50.8 Å². The van der Waals surface area contributed by atoms with Gasteiger partial charge < -0.3 is 19.1 Å². The molecule has 10 N–H and O–H groups in total. The number of aliphatic hydroxyl groups excluding tert-OH is 2. The molecule has 3 unspecified atom stereocenters. The molecule has 0 bridgehead atoms. The predicted molar refractivity (Wildman–Crippen MR) is 542 cm³/mol. The van der Waals surface area contributed by atoms with E-state index in [1.54, 1.807) is 172 Å². The molecule has 2 aromatic carbocycles. The summed E-state index contributed by atoms with van der Waals surface area (Å²) in [7, 11) is -10.2. The van der Waals surface area contributed by atoms with Gasteiger partial charge in [0.15, 0.2) is 98.3 Å². The molecule has 48 heteroatoms. The fourth-order valence-electron chi connectivity index (χ4n) is 14.4. The normalized spacial score (nSPS) is 23.2. The summed E-state index contributed by atoms with van der Waals surface area (Å²) in [5.41, 5.74) is 0.375. The van der Waals surface area contributed by atoms with Crippen molar-refractivity contribution in [3.05, 3.63) is 127 Å². The molecule has 19 atom stereocenters. The van der Waals surface area contributed by atoms with Crippen LogP contribution in [0.2, 0.25) is 36.3 Å². The molecule has 4 fully saturated rings. The fraction of sp³-hybridized carbons (Fsp3) is 0.591. The van der Waals surface area contributed by atoms with Gasteiger partial charge in [0.05, 0.1) is 37.5 Å². The molecule has 8 aromatic heterocycles. The highest BCUT2D eigenvalue weighted by molar-refractivity contribution is 8.01. The summed E-state index contributed by atoms with van der Waals surface area (Å²) in [5, 5.41) is 31.6. The highest BCUT2D eigenvalue weighted by atomic mass is 32.2. The fourth-order valence-corrected chi connectivity index (χ4v) is 25.7. The van der Waals surface area contributed by atoms with E-state index in [4.69, 9.17) is 26.9 Å².